The Morgan fingerprint density at radius 1 is 1.26 bits per heavy atom. The van der Waals surface area contributed by atoms with E-state index in [1.54, 1.807) is 7.11 Å². The minimum Gasteiger partial charge on any atom is -0.497 e. The number of allylic oxidation sites excluding steroid dienone is 2. The minimum absolute atomic E-state index is 0.0771. The first kappa shape index (κ1) is 14.8. The molecule has 1 N–H and O–H groups in total. The molecule has 0 fully saturated rings. The van der Waals surface area contributed by atoms with Crippen LogP contribution in [0.4, 0.5) is 10.1 Å². The zero-order chi connectivity index (χ0) is 16.0. The van der Waals surface area contributed by atoms with Crippen LogP contribution in [0.3, 0.4) is 0 Å². The van der Waals surface area contributed by atoms with Crippen molar-refractivity contribution in [3.63, 3.8) is 0 Å². The third kappa shape index (κ3) is 2.45. The largest absolute Gasteiger partial charge is 0.497 e. The standard InChI is InChI=1S/C19H17BrFNO/c1-23-13-5-2-4-11(8-13)18-15-7-3-6-14(15)16-9-12(20)10-17(21)19(16)22-18/h2-6,8-10,14-15,18,22H,7H2,1H3/t14-,15-,18-/m0/s1. The average molecular weight is 374 g/mol. The van der Waals surface area contributed by atoms with Crippen LogP contribution in [0.15, 0.2) is 53.0 Å². The van der Waals surface area contributed by atoms with Crippen LogP contribution in [-0.2, 0) is 0 Å². The Bertz CT molecular complexity index is 789. The zero-order valence-electron chi connectivity index (χ0n) is 12.7. The summed E-state index contributed by atoms with van der Waals surface area (Å²) in [5, 5.41) is 3.44. The lowest BCUT2D eigenvalue weighted by molar-refractivity contribution is 0.405. The Hall–Kier alpha value is -1.81. The Kier molecular flexibility index (Phi) is 3.64. The molecule has 0 saturated carbocycles. The molecule has 4 heteroatoms. The summed E-state index contributed by atoms with van der Waals surface area (Å²) in [4.78, 5) is 0. The highest BCUT2D eigenvalue weighted by atomic mass is 79.9. The van der Waals surface area contributed by atoms with Gasteiger partial charge in [0.05, 0.1) is 18.8 Å². The zero-order valence-corrected chi connectivity index (χ0v) is 14.3. The molecule has 23 heavy (non-hydrogen) atoms. The van der Waals surface area contributed by atoms with Crippen molar-refractivity contribution in [2.24, 2.45) is 5.92 Å². The van der Waals surface area contributed by atoms with Gasteiger partial charge >= 0.3 is 0 Å². The number of anilines is 1. The molecule has 1 aliphatic heterocycles. The number of nitrogens with one attached hydrogen (secondary N) is 1. The van der Waals surface area contributed by atoms with Crippen LogP contribution in [0.25, 0.3) is 0 Å². The molecule has 0 aromatic heterocycles. The number of hydrogen-bond donors (Lipinski definition) is 1. The van der Waals surface area contributed by atoms with E-state index in [1.165, 1.54) is 6.07 Å². The van der Waals surface area contributed by atoms with E-state index in [4.69, 9.17) is 4.74 Å². The maximum absolute atomic E-state index is 14.5. The van der Waals surface area contributed by atoms with Gasteiger partial charge in [0.2, 0.25) is 0 Å². The predicted molar refractivity (Wildman–Crippen MR) is 93.4 cm³/mol. The summed E-state index contributed by atoms with van der Waals surface area (Å²) in [6.45, 7) is 0. The molecule has 0 saturated heterocycles. The number of benzene rings is 2. The fraction of sp³-hybridized carbons (Fsp3) is 0.263. The van der Waals surface area contributed by atoms with Crippen LogP contribution < -0.4 is 10.1 Å². The topological polar surface area (TPSA) is 21.3 Å². The predicted octanol–water partition coefficient (Wildman–Crippen LogP) is 5.42. The highest BCUT2D eigenvalue weighted by Gasteiger charge is 2.39. The lowest BCUT2D eigenvalue weighted by Crippen LogP contribution is -2.29. The van der Waals surface area contributed by atoms with Gasteiger partial charge < -0.3 is 10.1 Å². The molecule has 4 rings (SSSR count). The van der Waals surface area contributed by atoms with Crippen molar-refractivity contribution in [1.29, 1.82) is 0 Å². The van der Waals surface area contributed by atoms with Gasteiger partial charge in [0.15, 0.2) is 0 Å². The van der Waals surface area contributed by atoms with Gasteiger partial charge in [-0.15, -0.1) is 0 Å². The molecule has 1 aliphatic carbocycles. The first-order valence-corrected chi connectivity index (χ1v) is 8.53. The summed E-state index contributed by atoms with van der Waals surface area (Å²) >= 11 is 3.41. The summed E-state index contributed by atoms with van der Waals surface area (Å²) < 4.78 is 20.6. The Labute approximate surface area is 143 Å². The maximum Gasteiger partial charge on any atom is 0.147 e. The fourth-order valence-corrected chi connectivity index (χ4v) is 4.23. The van der Waals surface area contributed by atoms with Gasteiger partial charge in [-0.1, -0.05) is 40.2 Å². The van der Waals surface area contributed by atoms with Crippen LogP contribution in [0.5, 0.6) is 5.75 Å². The van der Waals surface area contributed by atoms with Gasteiger partial charge in [-0.3, -0.25) is 0 Å². The first-order valence-electron chi connectivity index (χ1n) is 7.73. The molecule has 0 bridgehead atoms. The molecule has 0 radical (unpaired) electrons. The summed E-state index contributed by atoms with van der Waals surface area (Å²) in [7, 11) is 1.67. The second kappa shape index (κ2) is 5.68. The number of halogens is 2. The first-order chi connectivity index (χ1) is 11.2. The van der Waals surface area contributed by atoms with Crippen molar-refractivity contribution >= 4 is 21.6 Å². The van der Waals surface area contributed by atoms with Gasteiger partial charge in [-0.05, 0) is 47.7 Å². The summed E-state index contributed by atoms with van der Waals surface area (Å²) in [5.41, 5.74) is 2.79. The maximum atomic E-state index is 14.5. The Balaban J connectivity index is 1.81. The summed E-state index contributed by atoms with van der Waals surface area (Å²) in [6.07, 6.45) is 5.41. The molecular weight excluding hydrogens is 357 g/mol. The Morgan fingerprint density at radius 2 is 2.13 bits per heavy atom. The monoisotopic (exact) mass is 373 g/mol. The van der Waals surface area contributed by atoms with E-state index < -0.39 is 0 Å². The van der Waals surface area contributed by atoms with Crippen molar-refractivity contribution in [3.8, 4) is 5.75 Å². The van der Waals surface area contributed by atoms with E-state index >= 15 is 0 Å². The van der Waals surface area contributed by atoms with E-state index in [1.807, 2.05) is 24.3 Å². The third-order valence-corrected chi connectivity index (χ3v) is 5.30. The van der Waals surface area contributed by atoms with Crippen molar-refractivity contribution in [1.82, 2.24) is 0 Å². The van der Waals surface area contributed by atoms with Gasteiger partial charge in [0.1, 0.15) is 11.6 Å². The van der Waals surface area contributed by atoms with Crippen molar-refractivity contribution in [2.45, 2.75) is 18.4 Å². The van der Waals surface area contributed by atoms with Crippen LogP contribution in [0.1, 0.15) is 29.5 Å². The molecular formula is C19H17BrFNO. The number of methoxy groups -OCH3 is 1. The molecule has 3 atom stereocenters. The number of fused-ring (bicyclic) bond motifs is 3. The van der Waals surface area contributed by atoms with E-state index in [2.05, 4.69) is 39.5 Å². The Morgan fingerprint density at radius 3 is 2.96 bits per heavy atom. The van der Waals surface area contributed by atoms with E-state index in [9.17, 15) is 4.39 Å². The molecule has 0 amide bonds. The number of hydrogen-bond acceptors (Lipinski definition) is 2. The van der Waals surface area contributed by atoms with Crippen LogP contribution >= 0.6 is 15.9 Å². The molecule has 2 aromatic carbocycles. The quantitative estimate of drug-likeness (QED) is 0.709. The lowest BCUT2D eigenvalue weighted by Gasteiger charge is -2.37. The second-order valence-corrected chi connectivity index (χ2v) is 7.02. The van der Waals surface area contributed by atoms with E-state index in [-0.39, 0.29) is 17.8 Å². The van der Waals surface area contributed by atoms with Gasteiger partial charge in [-0.2, -0.15) is 0 Å². The molecule has 2 aromatic rings. The number of rotatable bonds is 2. The minimum atomic E-state index is -0.207. The molecule has 2 nitrogen and oxygen atoms in total. The van der Waals surface area contributed by atoms with Gasteiger partial charge in [0, 0.05) is 10.4 Å². The van der Waals surface area contributed by atoms with Crippen LogP contribution in [0.2, 0.25) is 0 Å². The fourth-order valence-electron chi connectivity index (χ4n) is 3.79. The molecule has 1 heterocycles. The summed E-state index contributed by atoms with van der Waals surface area (Å²) in [6, 6.07) is 11.7. The smallest absolute Gasteiger partial charge is 0.147 e. The highest BCUT2D eigenvalue weighted by Crippen LogP contribution is 2.51. The van der Waals surface area contributed by atoms with Crippen molar-refractivity contribution in [3.05, 3.63) is 70.0 Å². The van der Waals surface area contributed by atoms with Crippen LogP contribution in [-0.4, -0.2) is 7.11 Å². The van der Waals surface area contributed by atoms with E-state index in [0.29, 0.717) is 11.6 Å². The average Bonchev–Trinajstić information content (AvgIpc) is 3.04. The van der Waals surface area contributed by atoms with Crippen molar-refractivity contribution < 1.29 is 9.13 Å². The normalized spacial score (nSPS) is 24.7. The van der Waals surface area contributed by atoms with Gasteiger partial charge in [0.25, 0.3) is 0 Å². The lowest BCUT2D eigenvalue weighted by atomic mass is 9.77. The molecule has 2 aliphatic rings. The highest BCUT2D eigenvalue weighted by molar-refractivity contribution is 9.10. The number of ether oxygens (including phenoxy) is 1. The summed E-state index contributed by atoms with van der Waals surface area (Å²) in [5.74, 6) is 1.26. The molecule has 0 unspecified atom stereocenters. The molecule has 118 valence electrons. The third-order valence-electron chi connectivity index (χ3n) is 4.84. The van der Waals surface area contributed by atoms with Crippen LogP contribution in [0, 0.1) is 11.7 Å². The SMILES string of the molecule is COc1cccc([C@@H]2Nc3c(F)cc(Br)cc3[C@H]3C=CC[C@@H]32)c1. The molecule has 0 spiro atoms. The van der Waals surface area contributed by atoms with Crippen molar-refractivity contribution in [2.75, 3.05) is 12.4 Å². The second-order valence-electron chi connectivity index (χ2n) is 6.10. The van der Waals surface area contributed by atoms with E-state index in [0.717, 1.165) is 27.8 Å². The van der Waals surface area contributed by atoms with Gasteiger partial charge in [-0.25, -0.2) is 4.39 Å².